The molecular weight excluding hydrogens is 440 g/mol. The van der Waals surface area contributed by atoms with E-state index in [4.69, 9.17) is 0 Å². The van der Waals surface area contributed by atoms with Gasteiger partial charge >= 0.3 is 0 Å². The Morgan fingerprint density at radius 2 is 1.73 bits per heavy atom. The Bertz CT molecular complexity index is 1440. The fraction of sp³-hybridized carbons (Fsp3) is 0.292. The van der Waals surface area contributed by atoms with E-state index in [0.29, 0.717) is 16.5 Å². The highest BCUT2D eigenvalue weighted by Gasteiger charge is 2.57. The summed E-state index contributed by atoms with van der Waals surface area (Å²) in [5, 5.41) is 10.7. The average Bonchev–Trinajstić information content (AvgIpc) is 3.35. The van der Waals surface area contributed by atoms with Crippen molar-refractivity contribution in [1.82, 2.24) is 13.8 Å². The molecule has 3 aromatic rings. The van der Waals surface area contributed by atoms with Crippen LogP contribution < -0.4 is 0 Å². The average molecular weight is 463 g/mol. The number of rotatable bonds is 3. The van der Waals surface area contributed by atoms with Crippen LogP contribution in [0.15, 0.2) is 65.7 Å². The van der Waals surface area contributed by atoms with Gasteiger partial charge in [0, 0.05) is 24.2 Å². The van der Waals surface area contributed by atoms with Crippen molar-refractivity contribution < 1.29 is 18.0 Å². The molecule has 2 aliphatic heterocycles. The molecule has 2 aliphatic rings. The Morgan fingerprint density at radius 3 is 2.42 bits per heavy atom. The first-order valence-corrected chi connectivity index (χ1v) is 12.0. The Morgan fingerprint density at radius 1 is 1.06 bits per heavy atom. The molecule has 0 aliphatic carbocycles. The summed E-state index contributed by atoms with van der Waals surface area (Å²) >= 11 is 0. The highest BCUT2D eigenvalue weighted by atomic mass is 32.2. The SMILES string of the molecule is CN1CC(=O)N2C(C[C@](C)(C#N)C2c2cn(S(=O)(=O)c3ccccc3)c3ccccc23)C1=O. The standard InChI is InChI=1S/C24H22N4O4S/c1-24(15-25)12-20-23(30)26(2)14-21(29)28(20)22(24)18-13-27(19-11-7-6-10-17(18)19)33(31,32)16-8-4-3-5-9-16/h3-11,13,20,22H,12,14H2,1-2H3/t20?,22?,24-/m1/s1. The maximum atomic E-state index is 13.5. The summed E-state index contributed by atoms with van der Waals surface area (Å²) in [5.41, 5.74) is -0.0672. The van der Waals surface area contributed by atoms with Gasteiger partial charge in [-0.1, -0.05) is 36.4 Å². The van der Waals surface area contributed by atoms with Gasteiger partial charge in [-0.15, -0.1) is 0 Å². The molecule has 2 fully saturated rings. The van der Waals surface area contributed by atoms with Crippen LogP contribution in [0.2, 0.25) is 0 Å². The Balaban J connectivity index is 1.75. The lowest BCUT2D eigenvalue weighted by Crippen LogP contribution is -2.56. The van der Waals surface area contributed by atoms with Crippen LogP contribution in [0.4, 0.5) is 0 Å². The van der Waals surface area contributed by atoms with Gasteiger partial charge in [0.25, 0.3) is 10.0 Å². The van der Waals surface area contributed by atoms with Gasteiger partial charge < -0.3 is 9.80 Å². The van der Waals surface area contributed by atoms with Crippen LogP contribution in [0.1, 0.15) is 24.9 Å². The van der Waals surface area contributed by atoms with E-state index < -0.39 is 27.5 Å². The fourth-order valence-electron chi connectivity index (χ4n) is 5.14. The fourth-order valence-corrected chi connectivity index (χ4v) is 6.54. The van der Waals surface area contributed by atoms with E-state index in [-0.39, 0.29) is 29.7 Å². The second-order valence-corrected chi connectivity index (χ2v) is 10.7. The number of likely N-dealkylation sites (N-methyl/N-ethyl adjacent to an activating group) is 1. The lowest BCUT2D eigenvalue weighted by molar-refractivity contribution is -0.154. The summed E-state index contributed by atoms with van der Waals surface area (Å²) in [6.07, 6.45) is 1.69. The normalized spacial score (nSPS) is 25.4. The summed E-state index contributed by atoms with van der Waals surface area (Å²) in [5.74, 6) is -0.465. The Labute approximate surface area is 191 Å². The lowest BCUT2D eigenvalue weighted by Gasteiger charge is -2.38. The van der Waals surface area contributed by atoms with E-state index in [0.717, 1.165) is 0 Å². The number of fused-ring (bicyclic) bond motifs is 2. The van der Waals surface area contributed by atoms with E-state index in [1.54, 1.807) is 56.4 Å². The second kappa shape index (κ2) is 7.18. The molecule has 9 heteroatoms. The van der Waals surface area contributed by atoms with Crippen LogP contribution in [0.25, 0.3) is 10.9 Å². The summed E-state index contributed by atoms with van der Waals surface area (Å²) in [4.78, 5) is 29.0. The number of amides is 2. The van der Waals surface area contributed by atoms with Gasteiger partial charge in [0.2, 0.25) is 11.8 Å². The van der Waals surface area contributed by atoms with Gasteiger partial charge in [0.05, 0.1) is 34.5 Å². The Kier molecular flexibility index (Phi) is 4.62. The van der Waals surface area contributed by atoms with E-state index in [2.05, 4.69) is 6.07 Å². The maximum Gasteiger partial charge on any atom is 0.268 e. The second-order valence-electron chi connectivity index (χ2n) is 8.86. The predicted octanol–water partition coefficient (Wildman–Crippen LogP) is 2.52. The molecule has 0 N–H and O–H groups in total. The number of carbonyl (C=O) groups excluding carboxylic acids is 2. The van der Waals surface area contributed by atoms with Gasteiger partial charge in [-0.25, -0.2) is 12.4 Å². The number of nitrogens with zero attached hydrogens (tertiary/aromatic N) is 4. The zero-order valence-electron chi connectivity index (χ0n) is 18.2. The third-order valence-electron chi connectivity index (χ3n) is 6.72. The van der Waals surface area contributed by atoms with Crippen LogP contribution in [0, 0.1) is 16.7 Å². The Hall–Kier alpha value is -3.64. The number of hydrogen-bond acceptors (Lipinski definition) is 5. The lowest BCUT2D eigenvalue weighted by atomic mass is 9.79. The number of piperazine rings is 1. The van der Waals surface area contributed by atoms with Crippen molar-refractivity contribution in [2.75, 3.05) is 13.6 Å². The van der Waals surface area contributed by atoms with E-state index in [1.165, 1.54) is 32.1 Å². The van der Waals surface area contributed by atoms with Crippen molar-refractivity contribution in [3.05, 3.63) is 66.4 Å². The first kappa shape index (κ1) is 21.2. The van der Waals surface area contributed by atoms with E-state index in [1.807, 2.05) is 0 Å². The summed E-state index contributed by atoms with van der Waals surface area (Å²) in [7, 11) is -2.35. The number of hydrogen-bond donors (Lipinski definition) is 0. The van der Waals surface area contributed by atoms with Crippen LogP contribution in [0.5, 0.6) is 0 Å². The molecule has 3 heterocycles. The van der Waals surface area contributed by atoms with Crippen molar-refractivity contribution in [3.63, 3.8) is 0 Å². The van der Waals surface area contributed by atoms with Crippen molar-refractivity contribution in [2.24, 2.45) is 5.41 Å². The van der Waals surface area contributed by atoms with Crippen LogP contribution in [-0.2, 0) is 19.6 Å². The minimum absolute atomic E-state index is 0.0751. The van der Waals surface area contributed by atoms with E-state index in [9.17, 15) is 23.3 Å². The molecule has 5 rings (SSSR count). The first-order chi connectivity index (χ1) is 15.7. The molecule has 2 unspecified atom stereocenters. The number of nitriles is 1. The molecule has 2 amide bonds. The van der Waals surface area contributed by atoms with Crippen molar-refractivity contribution in [3.8, 4) is 6.07 Å². The van der Waals surface area contributed by atoms with Crippen LogP contribution >= 0.6 is 0 Å². The minimum atomic E-state index is -3.93. The molecule has 168 valence electrons. The molecule has 0 radical (unpaired) electrons. The molecule has 0 saturated carbocycles. The summed E-state index contributed by atoms with van der Waals surface area (Å²) in [6, 6.07) is 15.9. The smallest absolute Gasteiger partial charge is 0.268 e. The third kappa shape index (κ3) is 2.98. The van der Waals surface area contributed by atoms with Gasteiger partial charge in [0.1, 0.15) is 6.04 Å². The van der Waals surface area contributed by atoms with Gasteiger partial charge in [-0.2, -0.15) is 5.26 Å². The molecule has 2 aromatic carbocycles. The molecule has 0 bridgehead atoms. The van der Waals surface area contributed by atoms with Gasteiger partial charge in [0.15, 0.2) is 0 Å². The molecule has 8 nitrogen and oxygen atoms in total. The largest absolute Gasteiger partial charge is 0.335 e. The van der Waals surface area contributed by atoms with Crippen molar-refractivity contribution >= 4 is 32.7 Å². The minimum Gasteiger partial charge on any atom is -0.335 e. The van der Waals surface area contributed by atoms with Crippen molar-refractivity contribution in [1.29, 1.82) is 5.26 Å². The highest BCUT2D eigenvalue weighted by molar-refractivity contribution is 7.90. The maximum absolute atomic E-state index is 13.5. The number of para-hydroxylation sites is 1. The molecule has 33 heavy (non-hydrogen) atoms. The molecule has 3 atom stereocenters. The number of aromatic nitrogens is 1. The summed E-state index contributed by atoms with van der Waals surface area (Å²) < 4.78 is 28.2. The quantitative estimate of drug-likeness (QED) is 0.595. The van der Waals surface area contributed by atoms with Crippen molar-refractivity contribution in [2.45, 2.75) is 30.3 Å². The van der Waals surface area contributed by atoms with Gasteiger partial charge in [-0.3, -0.25) is 9.59 Å². The molecule has 1 aromatic heterocycles. The zero-order chi connectivity index (χ0) is 23.5. The molecule has 0 spiro atoms. The first-order valence-electron chi connectivity index (χ1n) is 10.6. The monoisotopic (exact) mass is 462 g/mol. The number of benzene rings is 2. The molecular formula is C24H22N4O4S. The third-order valence-corrected chi connectivity index (χ3v) is 8.40. The predicted molar refractivity (Wildman–Crippen MR) is 120 cm³/mol. The molecule has 2 saturated heterocycles. The number of carbonyl (C=O) groups is 2. The highest BCUT2D eigenvalue weighted by Crippen LogP contribution is 2.52. The topological polar surface area (TPSA) is 103 Å². The van der Waals surface area contributed by atoms with Crippen LogP contribution in [-0.4, -0.2) is 53.6 Å². The van der Waals surface area contributed by atoms with E-state index >= 15 is 0 Å². The zero-order valence-corrected chi connectivity index (χ0v) is 19.0. The van der Waals surface area contributed by atoms with Crippen LogP contribution in [0.3, 0.4) is 0 Å². The summed E-state index contributed by atoms with van der Waals surface area (Å²) in [6.45, 7) is 1.66. The van der Waals surface area contributed by atoms with Gasteiger partial charge in [-0.05, 0) is 31.5 Å².